The number of carbonyl (C=O) groups excluding carboxylic acids is 1. The van der Waals surface area contributed by atoms with Crippen molar-refractivity contribution in [3.63, 3.8) is 0 Å². The molecule has 0 unspecified atom stereocenters. The highest BCUT2D eigenvalue weighted by atomic mass is 16.3. The van der Waals surface area contributed by atoms with E-state index >= 15 is 0 Å². The summed E-state index contributed by atoms with van der Waals surface area (Å²) in [6.45, 7) is 4.09. The molecule has 0 amide bonds. The van der Waals surface area contributed by atoms with Crippen molar-refractivity contribution in [2.24, 2.45) is 5.84 Å². The summed E-state index contributed by atoms with van der Waals surface area (Å²) in [6, 6.07) is 18.2. The summed E-state index contributed by atoms with van der Waals surface area (Å²) in [4.78, 5) is 11.9. The van der Waals surface area contributed by atoms with E-state index < -0.39 is 0 Å². The average Bonchev–Trinajstić information content (AvgIpc) is 2.63. The predicted molar refractivity (Wildman–Crippen MR) is 103 cm³/mol. The van der Waals surface area contributed by atoms with Crippen molar-refractivity contribution >= 4 is 11.5 Å². The number of phenols is 2. The molecule has 0 aliphatic carbocycles. The lowest BCUT2D eigenvalue weighted by atomic mass is 10.0. The normalized spacial score (nSPS) is 9.81. The first-order valence-electron chi connectivity index (χ1n) is 8.07. The Balaban J connectivity index is 0.000000209. The van der Waals surface area contributed by atoms with Gasteiger partial charge in [0.1, 0.15) is 11.5 Å². The van der Waals surface area contributed by atoms with E-state index in [1.165, 1.54) is 35.4 Å². The van der Waals surface area contributed by atoms with E-state index in [2.05, 4.69) is 18.4 Å². The number of phenolic OH excluding ortho intramolecular Hbond substituents is 2. The molecule has 0 bridgehead atoms. The van der Waals surface area contributed by atoms with Gasteiger partial charge < -0.3 is 15.6 Å². The van der Waals surface area contributed by atoms with Crippen molar-refractivity contribution in [2.45, 2.75) is 13.8 Å². The summed E-state index contributed by atoms with van der Waals surface area (Å²) in [7, 11) is 0. The predicted octanol–water partition coefficient (Wildman–Crippen LogP) is 3.92. The van der Waals surface area contributed by atoms with Gasteiger partial charge >= 0.3 is 0 Å². The van der Waals surface area contributed by atoms with Crippen LogP contribution in [-0.4, -0.2) is 16.0 Å². The molecule has 3 aromatic carbocycles. The summed E-state index contributed by atoms with van der Waals surface area (Å²) >= 11 is 0. The smallest absolute Gasteiger partial charge is 0.193 e. The molecule has 5 heteroatoms. The molecule has 3 aromatic rings. The number of nitrogen functional groups attached to an aromatic ring is 1. The van der Waals surface area contributed by atoms with Crippen LogP contribution in [0.3, 0.4) is 0 Å². The van der Waals surface area contributed by atoms with E-state index in [9.17, 15) is 4.79 Å². The Labute approximate surface area is 152 Å². The molecule has 0 saturated carbocycles. The number of rotatable bonds is 3. The Morgan fingerprint density at radius 1 is 0.808 bits per heavy atom. The first-order valence-corrected chi connectivity index (χ1v) is 8.07. The third-order valence-electron chi connectivity index (χ3n) is 3.80. The van der Waals surface area contributed by atoms with Gasteiger partial charge in [0.05, 0.1) is 5.69 Å². The second kappa shape index (κ2) is 8.69. The van der Waals surface area contributed by atoms with Gasteiger partial charge in [0.2, 0.25) is 0 Å². The summed E-state index contributed by atoms with van der Waals surface area (Å²) in [5.41, 5.74) is 7.06. The number of hydrogen-bond donors (Lipinski definition) is 4. The second-order valence-electron chi connectivity index (χ2n) is 5.89. The molecule has 0 heterocycles. The maximum atomic E-state index is 11.9. The van der Waals surface area contributed by atoms with Gasteiger partial charge in [0.25, 0.3) is 0 Å². The number of carbonyl (C=O) groups is 1. The zero-order valence-electron chi connectivity index (χ0n) is 14.7. The molecule has 0 radical (unpaired) electrons. The Bertz CT molecular complexity index is 825. The van der Waals surface area contributed by atoms with E-state index in [1.807, 2.05) is 19.1 Å². The van der Waals surface area contributed by atoms with Crippen LogP contribution in [0.1, 0.15) is 27.0 Å². The fourth-order valence-electron chi connectivity index (χ4n) is 2.37. The highest BCUT2D eigenvalue weighted by Gasteiger charge is 2.08. The highest BCUT2D eigenvalue weighted by molar-refractivity contribution is 6.09. The molecule has 0 fully saturated rings. The Morgan fingerprint density at radius 3 is 1.65 bits per heavy atom. The summed E-state index contributed by atoms with van der Waals surface area (Å²) < 4.78 is 0. The maximum Gasteiger partial charge on any atom is 0.193 e. The van der Waals surface area contributed by atoms with Gasteiger partial charge in [-0.3, -0.25) is 10.6 Å². The van der Waals surface area contributed by atoms with Crippen molar-refractivity contribution in [3.8, 4) is 11.5 Å². The summed E-state index contributed by atoms with van der Waals surface area (Å²) in [5, 5.41) is 18.2. The average molecular weight is 350 g/mol. The van der Waals surface area contributed by atoms with Gasteiger partial charge in [0.15, 0.2) is 5.78 Å². The van der Waals surface area contributed by atoms with Gasteiger partial charge in [0, 0.05) is 11.1 Å². The molecule has 5 nitrogen and oxygen atoms in total. The first-order chi connectivity index (χ1) is 12.4. The topological polar surface area (TPSA) is 95.6 Å². The van der Waals surface area contributed by atoms with Crippen LogP contribution >= 0.6 is 0 Å². The lowest BCUT2D eigenvalue weighted by Gasteiger charge is -2.03. The van der Waals surface area contributed by atoms with Gasteiger partial charge in [-0.15, -0.1) is 0 Å². The van der Waals surface area contributed by atoms with Crippen molar-refractivity contribution in [2.75, 3.05) is 5.43 Å². The van der Waals surface area contributed by atoms with E-state index in [0.717, 1.165) is 5.69 Å². The fourth-order valence-corrected chi connectivity index (χ4v) is 2.37. The van der Waals surface area contributed by atoms with Crippen LogP contribution in [0.25, 0.3) is 0 Å². The number of anilines is 1. The number of nitrogens with two attached hydrogens (primary N) is 1. The van der Waals surface area contributed by atoms with E-state index in [0.29, 0.717) is 11.1 Å². The molecular weight excluding hydrogens is 328 g/mol. The molecule has 3 rings (SSSR count). The van der Waals surface area contributed by atoms with Gasteiger partial charge in [-0.05, 0) is 74.0 Å². The second-order valence-corrected chi connectivity index (χ2v) is 5.89. The quantitative estimate of drug-likeness (QED) is 0.326. The van der Waals surface area contributed by atoms with Crippen LogP contribution in [0.2, 0.25) is 0 Å². The maximum absolute atomic E-state index is 11.9. The van der Waals surface area contributed by atoms with Gasteiger partial charge in [-0.1, -0.05) is 17.7 Å². The molecule has 0 atom stereocenters. The van der Waals surface area contributed by atoms with Crippen LogP contribution in [0.5, 0.6) is 11.5 Å². The zero-order chi connectivity index (χ0) is 19.1. The van der Waals surface area contributed by atoms with Crippen molar-refractivity contribution in [1.29, 1.82) is 0 Å². The Kier molecular flexibility index (Phi) is 6.36. The number of hydrogen-bond acceptors (Lipinski definition) is 5. The summed E-state index contributed by atoms with van der Waals surface area (Å²) in [6.07, 6.45) is 0. The SMILES string of the molecule is Cc1ccc(NN)c(C)c1.O=C(c1ccc(O)cc1)c1ccc(O)cc1. The lowest BCUT2D eigenvalue weighted by Crippen LogP contribution is -2.07. The van der Waals surface area contributed by atoms with Gasteiger partial charge in [-0.25, -0.2) is 0 Å². The largest absolute Gasteiger partial charge is 0.508 e. The Morgan fingerprint density at radius 2 is 1.27 bits per heavy atom. The first kappa shape index (κ1) is 19.0. The number of hydrazine groups is 1. The van der Waals surface area contributed by atoms with E-state index in [-0.39, 0.29) is 17.3 Å². The van der Waals surface area contributed by atoms with Crippen LogP contribution in [0.15, 0.2) is 66.7 Å². The molecule has 134 valence electrons. The van der Waals surface area contributed by atoms with Gasteiger partial charge in [-0.2, -0.15) is 0 Å². The molecule has 0 saturated heterocycles. The van der Waals surface area contributed by atoms with E-state index in [1.54, 1.807) is 24.3 Å². The molecule has 0 aliphatic heterocycles. The molecule has 0 aliphatic rings. The molecule has 5 N–H and O–H groups in total. The van der Waals surface area contributed by atoms with Crippen LogP contribution in [0.4, 0.5) is 5.69 Å². The van der Waals surface area contributed by atoms with Crippen LogP contribution in [0, 0.1) is 13.8 Å². The number of nitrogens with one attached hydrogen (secondary N) is 1. The number of aromatic hydroxyl groups is 2. The fraction of sp³-hybridized carbons (Fsp3) is 0.0952. The number of aryl methyl sites for hydroxylation is 2. The lowest BCUT2D eigenvalue weighted by molar-refractivity contribution is 0.103. The third-order valence-corrected chi connectivity index (χ3v) is 3.80. The highest BCUT2D eigenvalue weighted by Crippen LogP contribution is 2.16. The zero-order valence-corrected chi connectivity index (χ0v) is 14.7. The number of benzene rings is 3. The molecular formula is C21H22N2O3. The Hall–Kier alpha value is -3.31. The minimum atomic E-state index is -0.139. The summed E-state index contributed by atoms with van der Waals surface area (Å²) in [5.74, 6) is 5.37. The standard InChI is InChI=1S/C13H10O3.C8H12N2/c14-11-5-1-9(2-6-11)13(16)10-3-7-12(15)8-4-10;1-6-3-4-8(10-9)7(2)5-6/h1-8,14-15H;3-5,10H,9H2,1-2H3. The number of ketones is 1. The van der Waals surface area contributed by atoms with Crippen molar-refractivity contribution < 1.29 is 15.0 Å². The van der Waals surface area contributed by atoms with Crippen LogP contribution in [-0.2, 0) is 0 Å². The van der Waals surface area contributed by atoms with Crippen molar-refractivity contribution in [1.82, 2.24) is 0 Å². The van der Waals surface area contributed by atoms with E-state index in [4.69, 9.17) is 16.1 Å². The molecule has 0 spiro atoms. The minimum absolute atomic E-state index is 0.127. The van der Waals surface area contributed by atoms with Crippen LogP contribution < -0.4 is 11.3 Å². The molecule has 26 heavy (non-hydrogen) atoms. The third kappa shape index (κ3) is 5.09. The monoisotopic (exact) mass is 350 g/mol. The molecule has 0 aromatic heterocycles. The minimum Gasteiger partial charge on any atom is -0.508 e. The van der Waals surface area contributed by atoms with Crippen molar-refractivity contribution in [3.05, 3.63) is 89.0 Å².